The molecule has 0 atom stereocenters. The van der Waals surface area contributed by atoms with E-state index < -0.39 is 11.8 Å². The van der Waals surface area contributed by atoms with E-state index in [1.807, 2.05) is 6.07 Å². The highest BCUT2D eigenvalue weighted by Gasteiger charge is 2.41. The van der Waals surface area contributed by atoms with E-state index >= 15 is 0 Å². The van der Waals surface area contributed by atoms with Gasteiger partial charge in [0.2, 0.25) is 0 Å². The number of piperidine rings is 1. The normalized spacial score (nSPS) is 15.9. The molecule has 1 fully saturated rings. The smallest absolute Gasteiger partial charge is 0.276 e. The fourth-order valence-electron chi connectivity index (χ4n) is 3.53. The largest absolute Gasteiger partial charge is 0.358 e. The van der Waals surface area contributed by atoms with E-state index in [9.17, 15) is 8.78 Å². The van der Waals surface area contributed by atoms with E-state index in [0.717, 1.165) is 21.5 Å². The molecule has 1 aliphatic heterocycles. The van der Waals surface area contributed by atoms with Gasteiger partial charge < -0.3 is 15.0 Å². The minimum absolute atomic E-state index is 0.0776. The second-order valence-electron chi connectivity index (χ2n) is 6.86. The molecule has 4 rings (SSSR count). The predicted molar refractivity (Wildman–Crippen MR) is 114 cm³/mol. The van der Waals surface area contributed by atoms with Crippen molar-refractivity contribution in [2.45, 2.75) is 23.7 Å². The Bertz CT molecular complexity index is 969. The van der Waals surface area contributed by atoms with Crippen LogP contribution in [0, 0.1) is 5.92 Å². The average molecular weight is 442 g/mol. The predicted octanol–water partition coefficient (Wildman–Crippen LogP) is 6.69. The molecule has 1 saturated heterocycles. The quantitative estimate of drug-likeness (QED) is 0.386. The number of aromatic nitrogens is 1. The molecule has 8 heteroatoms. The van der Waals surface area contributed by atoms with E-state index in [0.29, 0.717) is 36.0 Å². The number of halogens is 4. The van der Waals surface area contributed by atoms with Gasteiger partial charge in [-0.1, -0.05) is 35.3 Å². The van der Waals surface area contributed by atoms with Crippen LogP contribution in [0.3, 0.4) is 0 Å². The van der Waals surface area contributed by atoms with Crippen molar-refractivity contribution >= 4 is 51.7 Å². The van der Waals surface area contributed by atoms with Crippen LogP contribution in [0.15, 0.2) is 47.5 Å². The van der Waals surface area contributed by atoms with Crippen LogP contribution in [-0.2, 0) is 5.92 Å². The van der Waals surface area contributed by atoms with Gasteiger partial charge in [0.15, 0.2) is 0 Å². The summed E-state index contributed by atoms with van der Waals surface area (Å²) in [6.07, 6.45) is 2.68. The van der Waals surface area contributed by atoms with Gasteiger partial charge in [-0.3, -0.25) is 0 Å². The number of nitrogens with one attached hydrogen (secondary N) is 3. The first kappa shape index (κ1) is 19.8. The van der Waals surface area contributed by atoms with Crippen LogP contribution >= 0.6 is 35.1 Å². The number of aromatic amines is 1. The third kappa shape index (κ3) is 3.83. The molecule has 0 amide bonds. The molecule has 28 heavy (non-hydrogen) atoms. The highest BCUT2D eigenvalue weighted by atomic mass is 35.5. The lowest BCUT2D eigenvalue weighted by atomic mass is 9.87. The molecule has 0 saturated carbocycles. The molecule has 3 nitrogen and oxygen atoms in total. The van der Waals surface area contributed by atoms with Crippen LogP contribution in [0.1, 0.15) is 18.4 Å². The number of fused-ring (bicyclic) bond motifs is 1. The molecule has 2 aromatic carbocycles. The lowest BCUT2D eigenvalue weighted by molar-refractivity contribution is -0.0753. The number of alkyl halides is 2. The van der Waals surface area contributed by atoms with Gasteiger partial charge in [-0.2, -0.15) is 0 Å². The molecule has 0 aliphatic carbocycles. The maximum absolute atomic E-state index is 14.8. The van der Waals surface area contributed by atoms with Gasteiger partial charge >= 0.3 is 0 Å². The first-order chi connectivity index (χ1) is 13.5. The SMILES string of the molecule is FC(F)(c1ccc(SNc2ccc(Cl)c3c(Cl)c[nH]c23)cc1)C1CCNCC1. The zero-order valence-corrected chi connectivity index (χ0v) is 17.2. The summed E-state index contributed by atoms with van der Waals surface area (Å²) in [6.45, 7) is 1.30. The van der Waals surface area contributed by atoms with E-state index in [1.54, 1.807) is 24.4 Å². The summed E-state index contributed by atoms with van der Waals surface area (Å²) in [4.78, 5) is 3.94. The van der Waals surface area contributed by atoms with Gasteiger partial charge in [0.1, 0.15) is 0 Å². The summed E-state index contributed by atoms with van der Waals surface area (Å²) in [5, 5.41) is 5.01. The second kappa shape index (κ2) is 8.11. The van der Waals surface area contributed by atoms with Crippen molar-refractivity contribution in [3.05, 3.63) is 58.2 Å². The second-order valence-corrected chi connectivity index (χ2v) is 8.55. The van der Waals surface area contributed by atoms with E-state index in [-0.39, 0.29) is 5.56 Å². The summed E-state index contributed by atoms with van der Waals surface area (Å²) >= 11 is 13.7. The molecule has 0 unspecified atom stereocenters. The fourth-order valence-corrected chi connectivity index (χ4v) is 4.76. The first-order valence-electron chi connectivity index (χ1n) is 9.04. The van der Waals surface area contributed by atoms with Crippen LogP contribution in [0.25, 0.3) is 10.9 Å². The Balaban J connectivity index is 1.47. The Morgan fingerprint density at radius 3 is 2.43 bits per heavy atom. The number of H-pyrrole nitrogens is 1. The highest BCUT2D eigenvalue weighted by molar-refractivity contribution is 8.00. The molecule has 0 spiro atoms. The zero-order chi connectivity index (χ0) is 19.7. The maximum atomic E-state index is 14.8. The molecule has 2 heterocycles. The number of anilines is 1. The minimum atomic E-state index is -2.80. The third-order valence-electron chi connectivity index (χ3n) is 5.11. The van der Waals surface area contributed by atoms with Gasteiger partial charge in [-0.15, -0.1) is 0 Å². The molecule has 148 valence electrons. The summed E-state index contributed by atoms with van der Waals surface area (Å²) < 4.78 is 32.8. The van der Waals surface area contributed by atoms with Crippen molar-refractivity contribution in [2.75, 3.05) is 17.8 Å². The van der Waals surface area contributed by atoms with Gasteiger partial charge in [-0.25, -0.2) is 8.78 Å². The Kier molecular flexibility index (Phi) is 5.74. The van der Waals surface area contributed by atoms with Crippen LogP contribution in [0.4, 0.5) is 14.5 Å². The summed E-state index contributed by atoms with van der Waals surface area (Å²) in [6, 6.07) is 10.1. The number of hydrogen-bond donors (Lipinski definition) is 3. The summed E-state index contributed by atoms with van der Waals surface area (Å²) in [7, 11) is 0. The number of benzene rings is 2. The van der Waals surface area contributed by atoms with Crippen molar-refractivity contribution in [2.24, 2.45) is 5.92 Å². The topological polar surface area (TPSA) is 39.9 Å². The van der Waals surface area contributed by atoms with Gasteiger partial charge in [-0.05, 0) is 62.1 Å². The number of rotatable bonds is 5. The van der Waals surface area contributed by atoms with Crippen molar-refractivity contribution in [3.8, 4) is 0 Å². The van der Waals surface area contributed by atoms with E-state index in [2.05, 4.69) is 15.0 Å². The Morgan fingerprint density at radius 1 is 1.00 bits per heavy atom. The first-order valence-corrected chi connectivity index (χ1v) is 10.6. The van der Waals surface area contributed by atoms with Crippen molar-refractivity contribution in [1.82, 2.24) is 10.3 Å². The van der Waals surface area contributed by atoms with Crippen LogP contribution < -0.4 is 10.0 Å². The molecular formula is C20H19Cl2F2N3S. The average Bonchev–Trinajstić information content (AvgIpc) is 3.11. The Morgan fingerprint density at radius 2 is 1.71 bits per heavy atom. The monoisotopic (exact) mass is 441 g/mol. The van der Waals surface area contributed by atoms with Crippen molar-refractivity contribution in [1.29, 1.82) is 0 Å². The molecule has 1 aromatic heterocycles. The minimum Gasteiger partial charge on any atom is -0.358 e. The lowest BCUT2D eigenvalue weighted by Gasteiger charge is -2.30. The standard InChI is InChI=1S/C20H19Cl2F2N3S/c21-15-5-6-17(19-18(15)16(22)11-26-19)27-28-14-3-1-12(2-4-14)20(23,24)13-7-9-25-10-8-13/h1-6,11,13,25-27H,7-10H2. The molecule has 3 N–H and O–H groups in total. The molecule has 3 aromatic rings. The van der Waals surface area contributed by atoms with E-state index in [4.69, 9.17) is 23.2 Å². The molecule has 0 radical (unpaired) electrons. The zero-order valence-electron chi connectivity index (χ0n) is 14.9. The molecule has 0 bridgehead atoms. The van der Waals surface area contributed by atoms with Crippen LogP contribution in [0.5, 0.6) is 0 Å². The molecular weight excluding hydrogens is 423 g/mol. The Labute approximate surface area is 176 Å². The number of hydrogen-bond acceptors (Lipinski definition) is 3. The fraction of sp³-hybridized carbons (Fsp3) is 0.300. The lowest BCUT2D eigenvalue weighted by Crippen LogP contribution is -2.36. The van der Waals surface area contributed by atoms with Crippen LogP contribution in [-0.4, -0.2) is 18.1 Å². The van der Waals surface area contributed by atoms with Crippen molar-refractivity contribution in [3.63, 3.8) is 0 Å². The van der Waals surface area contributed by atoms with E-state index in [1.165, 1.54) is 24.1 Å². The summed E-state index contributed by atoms with van der Waals surface area (Å²) in [5.41, 5.74) is 1.70. The van der Waals surface area contributed by atoms with Gasteiger partial charge in [0, 0.05) is 28.0 Å². The van der Waals surface area contributed by atoms with Gasteiger partial charge in [0.05, 0.1) is 21.2 Å². The Hall–Kier alpha value is -1.47. The maximum Gasteiger partial charge on any atom is 0.276 e. The van der Waals surface area contributed by atoms with Crippen LogP contribution in [0.2, 0.25) is 10.0 Å². The molecule has 1 aliphatic rings. The third-order valence-corrected chi connectivity index (χ3v) is 6.55. The van der Waals surface area contributed by atoms with Gasteiger partial charge in [0.25, 0.3) is 5.92 Å². The highest BCUT2D eigenvalue weighted by Crippen LogP contribution is 2.41. The summed E-state index contributed by atoms with van der Waals surface area (Å²) in [5.74, 6) is -3.41. The van der Waals surface area contributed by atoms with Crippen molar-refractivity contribution < 1.29 is 8.78 Å².